The van der Waals surface area contributed by atoms with Crippen molar-refractivity contribution in [2.45, 2.75) is 11.8 Å². The van der Waals surface area contributed by atoms with E-state index in [1.54, 1.807) is 30.3 Å². The van der Waals surface area contributed by atoms with Gasteiger partial charge in [0.05, 0.1) is 18.6 Å². The number of ether oxygens (including phenoxy) is 1. The molecule has 160 valence electrons. The van der Waals surface area contributed by atoms with E-state index in [1.807, 2.05) is 6.92 Å². The first-order valence-electron chi connectivity index (χ1n) is 8.77. The minimum absolute atomic E-state index is 0.0818. The molecule has 0 aromatic heterocycles. The number of hydrogen-bond acceptors (Lipinski definition) is 5. The molecule has 8 nitrogen and oxygen atoms in total. The van der Waals surface area contributed by atoms with Crippen molar-refractivity contribution in [2.24, 2.45) is 0 Å². The number of nitrogens with one attached hydrogen (secondary N) is 2. The summed E-state index contributed by atoms with van der Waals surface area (Å²) in [5.41, 5.74) is 5.98. The van der Waals surface area contributed by atoms with Gasteiger partial charge < -0.3 is 4.74 Å². The van der Waals surface area contributed by atoms with Crippen molar-refractivity contribution in [3.8, 4) is 5.75 Å². The van der Waals surface area contributed by atoms with Gasteiger partial charge in [-0.15, -0.1) is 0 Å². The van der Waals surface area contributed by atoms with E-state index in [1.165, 1.54) is 38.4 Å². The number of hydrogen-bond donors (Lipinski definition) is 2. The number of hydrazine groups is 1. The Morgan fingerprint density at radius 3 is 2.43 bits per heavy atom. The number of likely N-dealkylation sites (N-methyl/N-ethyl adjacent to an activating group) is 1. The van der Waals surface area contributed by atoms with Crippen molar-refractivity contribution < 1.29 is 22.7 Å². The van der Waals surface area contributed by atoms with Gasteiger partial charge in [0.2, 0.25) is 10.0 Å². The molecule has 0 saturated carbocycles. The largest absolute Gasteiger partial charge is 0.496 e. The lowest BCUT2D eigenvalue weighted by molar-refractivity contribution is -0.126. The van der Waals surface area contributed by atoms with E-state index < -0.39 is 28.4 Å². The highest BCUT2D eigenvalue weighted by atomic mass is 79.9. The molecular formula is C20H22BrN3O5S. The van der Waals surface area contributed by atoms with Crippen LogP contribution in [0.25, 0.3) is 6.08 Å². The molecule has 0 fully saturated rings. The van der Waals surface area contributed by atoms with E-state index in [4.69, 9.17) is 4.74 Å². The molecular weight excluding hydrogens is 474 g/mol. The monoisotopic (exact) mass is 495 g/mol. The summed E-state index contributed by atoms with van der Waals surface area (Å²) in [6.45, 7) is 1.39. The highest BCUT2D eigenvalue weighted by Gasteiger charge is 2.22. The number of amides is 2. The molecule has 0 spiro atoms. The maximum atomic E-state index is 12.5. The van der Waals surface area contributed by atoms with Crippen molar-refractivity contribution in [2.75, 3.05) is 20.7 Å². The van der Waals surface area contributed by atoms with Crippen LogP contribution in [0.3, 0.4) is 0 Å². The first-order valence-corrected chi connectivity index (χ1v) is 11.0. The fourth-order valence-electron chi connectivity index (χ4n) is 2.39. The van der Waals surface area contributed by atoms with Crippen LogP contribution in [0.4, 0.5) is 0 Å². The molecule has 0 radical (unpaired) electrons. The second-order valence-electron chi connectivity index (χ2n) is 6.33. The zero-order valence-electron chi connectivity index (χ0n) is 16.7. The van der Waals surface area contributed by atoms with Crippen LogP contribution in [0.2, 0.25) is 0 Å². The number of rotatable bonds is 7. The predicted molar refractivity (Wildman–Crippen MR) is 117 cm³/mol. The molecule has 2 amide bonds. The predicted octanol–water partition coefficient (Wildman–Crippen LogP) is 2.25. The van der Waals surface area contributed by atoms with Crippen molar-refractivity contribution >= 4 is 43.8 Å². The number of halogens is 1. The van der Waals surface area contributed by atoms with Gasteiger partial charge in [0.25, 0.3) is 11.8 Å². The van der Waals surface area contributed by atoms with Crippen LogP contribution in [0.15, 0.2) is 57.9 Å². The van der Waals surface area contributed by atoms with E-state index in [0.29, 0.717) is 11.3 Å². The number of aryl methyl sites for hydroxylation is 1. The van der Waals surface area contributed by atoms with Gasteiger partial charge in [0.15, 0.2) is 0 Å². The van der Waals surface area contributed by atoms with Crippen molar-refractivity contribution in [3.63, 3.8) is 0 Å². The first kappa shape index (κ1) is 23.6. The van der Waals surface area contributed by atoms with Crippen LogP contribution in [0, 0.1) is 6.92 Å². The van der Waals surface area contributed by atoms with Gasteiger partial charge in [0, 0.05) is 23.2 Å². The number of benzene rings is 2. The van der Waals surface area contributed by atoms with Crippen LogP contribution in [-0.2, 0) is 19.6 Å². The molecule has 0 atom stereocenters. The molecule has 0 saturated heterocycles. The smallest absolute Gasteiger partial charge is 0.262 e. The molecule has 10 heteroatoms. The average Bonchev–Trinajstić information content (AvgIpc) is 2.71. The van der Waals surface area contributed by atoms with Crippen LogP contribution >= 0.6 is 15.9 Å². The average molecular weight is 496 g/mol. The third-order valence-electron chi connectivity index (χ3n) is 4.03. The molecule has 0 aliphatic rings. The van der Waals surface area contributed by atoms with Gasteiger partial charge in [-0.2, -0.15) is 4.31 Å². The minimum atomic E-state index is -3.82. The summed E-state index contributed by atoms with van der Waals surface area (Å²) in [6.07, 6.45) is 2.75. The topological polar surface area (TPSA) is 105 Å². The Morgan fingerprint density at radius 2 is 1.80 bits per heavy atom. The Bertz CT molecular complexity index is 1050. The standard InChI is InChI=1S/C20H22BrN3O5S/c1-14-4-8-17(9-5-14)30(27,28)24(2)13-20(26)23-22-19(25)11-6-15-12-16(21)7-10-18(15)29-3/h4-12H,13H2,1-3H3,(H,22,25)(H,23,26)/b11-6+. The third kappa shape index (κ3) is 6.41. The Hall–Kier alpha value is -2.69. The number of methoxy groups -OCH3 is 1. The normalized spacial score (nSPS) is 11.5. The maximum Gasteiger partial charge on any atom is 0.262 e. The molecule has 0 unspecified atom stereocenters. The van der Waals surface area contributed by atoms with E-state index in [9.17, 15) is 18.0 Å². The van der Waals surface area contributed by atoms with Crippen LogP contribution in [-0.4, -0.2) is 45.2 Å². The molecule has 0 bridgehead atoms. The fourth-order valence-corrected chi connectivity index (χ4v) is 3.90. The summed E-state index contributed by atoms with van der Waals surface area (Å²) >= 11 is 3.34. The summed E-state index contributed by atoms with van der Waals surface area (Å²) in [6, 6.07) is 11.6. The van der Waals surface area contributed by atoms with Crippen molar-refractivity contribution in [1.82, 2.24) is 15.2 Å². The summed E-state index contributed by atoms with van der Waals surface area (Å²) in [5, 5.41) is 0. The number of nitrogens with zero attached hydrogens (tertiary/aromatic N) is 1. The van der Waals surface area contributed by atoms with Crippen LogP contribution < -0.4 is 15.6 Å². The Balaban J connectivity index is 1.91. The van der Waals surface area contributed by atoms with E-state index >= 15 is 0 Å². The van der Waals surface area contributed by atoms with E-state index in [2.05, 4.69) is 26.8 Å². The summed E-state index contributed by atoms with van der Waals surface area (Å²) in [5.74, 6) is -0.696. The lowest BCUT2D eigenvalue weighted by atomic mass is 10.2. The summed E-state index contributed by atoms with van der Waals surface area (Å²) in [4.78, 5) is 24.1. The van der Waals surface area contributed by atoms with E-state index in [0.717, 1.165) is 14.3 Å². The highest BCUT2D eigenvalue weighted by Crippen LogP contribution is 2.24. The minimum Gasteiger partial charge on any atom is -0.496 e. The van der Waals surface area contributed by atoms with E-state index in [-0.39, 0.29) is 4.90 Å². The molecule has 0 aliphatic carbocycles. The number of sulfonamides is 1. The molecule has 0 aliphatic heterocycles. The SMILES string of the molecule is COc1ccc(Br)cc1/C=C/C(=O)NNC(=O)CN(C)S(=O)(=O)c1ccc(C)cc1. The van der Waals surface area contributed by atoms with Crippen molar-refractivity contribution in [1.29, 1.82) is 0 Å². The molecule has 2 aromatic carbocycles. The van der Waals surface area contributed by atoms with Crippen molar-refractivity contribution in [3.05, 3.63) is 64.1 Å². The van der Waals surface area contributed by atoms with Gasteiger partial charge in [-0.25, -0.2) is 8.42 Å². The number of carbonyl (C=O) groups is 2. The molecule has 2 rings (SSSR count). The van der Waals surface area contributed by atoms with Gasteiger partial charge in [-0.05, 0) is 43.3 Å². The molecule has 30 heavy (non-hydrogen) atoms. The first-order chi connectivity index (χ1) is 14.1. The van der Waals surface area contributed by atoms with Gasteiger partial charge in [0.1, 0.15) is 5.75 Å². The molecule has 2 aromatic rings. The zero-order valence-corrected chi connectivity index (χ0v) is 19.1. The summed E-state index contributed by atoms with van der Waals surface area (Å²) < 4.78 is 31.9. The molecule has 2 N–H and O–H groups in total. The third-order valence-corrected chi connectivity index (χ3v) is 6.34. The highest BCUT2D eigenvalue weighted by molar-refractivity contribution is 9.10. The second-order valence-corrected chi connectivity index (χ2v) is 9.29. The zero-order chi connectivity index (χ0) is 22.3. The molecule has 0 heterocycles. The van der Waals surface area contributed by atoms with Gasteiger partial charge in [-0.1, -0.05) is 33.6 Å². The summed E-state index contributed by atoms with van der Waals surface area (Å²) in [7, 11) is -1.02. The lowest BCUT2D eigenvalue weighted by Crippen LogP contribution is -2.46. The van der Waals surface area contributed by atoms with Crippen LogP contribution in [0.1, 0.15) is 11.1 Å². The van der Waals surface area contributed by atoms with Gasteiger partial charge in [-0.3, -0.25) is 20.4 Å². The quantitative estimate of drug-likeness (QED) is 0.452. The Labute approximate surface area is 184 Å². The Kier molecular flexibility index (Phi) is 8.16. The maximum absolute atomic E-state index is 12.5. The fraction of sp³-hybridized carbons (Fsp3) is 0.200. The second kappa shape index (κ2) is 10.4. The van der Waals surface area contributed by atoms with Crippen LogP contribution in [0.5, 0.6) is 5.75 Å². The number of carbonyl (C=O) groups excluding carboxylic acids is 2. The Morgan fingerprint density at radius 1 is 1.13 bits per heavy atom. The lowest BCUT2D eigenvalue weighted by Gasteiger charge is -2.17. The van der Waals surface area contributed by atoms with Gasteiger partial charge >= 0.3 is 0 Å².